The van der Waals surface area contributed by atoms with E-state index in [9.17, 15) is 9.50 Å². The van der Waals surface area contributed by atoms with Gasteiger partial charge in [-0.05, 0) is 48.7 Å². The van der Waals surface area contributed by atoms with Crippen molar-refractivity contribution in [2.75, 3.05) is 7.11 Å². The lowest BCUT2D eigenvalue weighted by Gasteiger charge is -2.21. The number of aliphatic hydroxyl groups excluding tert-OH is 1. The molecule has 5 heteroatoms. The van der Waals surface area contributed by atoms with Gasteiger partial charge in [-0.2, -0.15) is 0 Å². The summed E-state index contributed by atoms with van der Waals surface area (Å²) in [6.07, 6.45) is -0.911. The second-order valence-electron chi connectivity index (χ2n) is 4.82. The fourth-order valence-electron chi connectivity index (χ4n) is 2.35. The smallest absolute Gasteiger partial charge is 0.128 e. The summed E-state index contributed by atoms with van der Waals surface area (Å²) in [6, 6.07) is 6.18. The van der Waals surface area contributed by atoms with E-state index in [1.807, 2.05) is 19.9 Å². The molecular weight excluding hydrogens is 403 g/mol. The second kappa shape index (κ2) is 6.46. The van der Waals surface area contributed by atoms with Crippen LogP contribution in [0.25, 0.3) is 0 Å². The summed E-state index contributed by atoms with van der Waals surface area (Å²) < 4.78 is 20.1. The second-order valence-corrected chi connectivity index (χ2v) is 6.52. The summed E-state index contributed by atoms with van der Waals surface area (Å²) in [5, 5.41) is 10.8. The lowest BCUT2D eigenvalue weighted by Crippen LogP contribution is -2.07. The summed E-state index contributed by atoms with van der Waals surface area (Å²) in [5.41, 5.74) is 3.08. The van der Waals surface area contributed by atoms with Gasteiger partial charge in [-0.3, -0.25) is 0 Å². The number of aryl methyl sites for hydroxylation is 1. The quantitative estimate of drug-likeness (QED) is 0.756. The molecule has 1 N–H and O–H groups in total. The Bertz CT molecular complexity index is 686. The van der Waals surface area contributed by atoms with Gasteiger partial charge in [0.2, 0.25) is 0 Å². The topological polar surface area (TPSA) is 29.5 Å². The lowest BCUT2D eigenvalue weighted by molar-refractivity contribution is 0.212. The van der Waals surface area contributed by atoms with Crippen LogP contribution in [0.4, 0.5) is 4.39 Å². The predicted molar refractivity (Wildman–Crippen MR) is 88.3 cm³/mol. The van der Waals surface area contributed by atoms with E-state index in [1.165, 1.54) is 12.1 Å². The van der Waals surface area contributed by atoms with Crippen LogP contribution in [-0.2, 0) is 0 Å². The zero-order chi connectivity index (χ0) is 15.7. The van der Waals surface area contributed by atoms with Crippen LogP contribution in [0.3, 0.4) is 0 Å². The number of benzene rings is 2. The zero-order valence-electron chi connectivity index (χ0n) is 11.9. The van der Waals surface area contributed by atoms with Crippen molar-refractivity contribution >= 4 is 31.9 Å². The van der Waals surface area contributed by atoms with Gasteiger partial charge in [0.25, 0.3) is 0 Å². The SMILES string of the molecule is COc1c(C)cc(Br)c(C)c1C(O)c1ccc(F)cc1Br. The van der Waals surface area contributed by atoms with Gasteiger partial charge in [0.1, 0.15) is 17.7 Å². The molecule has 21 heavy (non-hydrogen) atoms. The van der Waals surface area contributed by atoms with Crippen molar-refractivity contribution in [3.05, 3.63) is 61.3 Å². The van der Waals surface area contributed by atoms with E-state index >= 15 is 0 Å². The number of ether oxygens (including phenoxy) is 1. The van der Waals surface area contributed by atoms with Crippen molar-refractivity contribution < 1.29 is 14.2 Å². The molecule has 2 rings (SSSR count). The van der Waals surface area contributed by atoms with Gasteiger partial charge in [-0.15, -0.1) is 0 Å². The lowest BCUT2D eigenvalue weighted by atomic mass is 9.94. The largest absolute Gasteiger partial charge is 0.496 e. The van der Waals surface area contributed by atoms with E-state index in [1.54, 1.807) is 13.2 Å². The Morgan fingerprint density at radius 1 is 1.14 bits per heavy atom. The van der Waals surface area contributed by atoms with E-state index in [0.29, 0.717) is 21.3 Å². The molecule has 0 amide bonds. The number of halogens is 3. The molecule has 112 valence electrons. The molecule has 2 nitrogen and oxygen atoms in total. The molecule has 2 aromatic carbocycles. The first-order valence-corrected chi connectivity index (χ1v) is 7.92. The third-order valence-corrected chi connectivity index (χ3v) is 4.95. The van der Waals surface area contributed by atoms with Gasteiger partial charge < -0.3 is 9.84 Å². The van der Waals surface area contributed by atoms with Crippen LogP contribution >= 0.6 is 31.9 Å². The maximum absolute atomic E-state index is 13.2. The van der Waals surface area contributed by atoms with E-state index in [4.69, 9.17) is 4.74 Å². The first-order valence-electron chi connectivity index (χ1n) is 6.33. The number of hydrogen-bond acceptors (Lipinski definition) is 2. The van der Waals surface area contributed by atoms with Crippen LogP contribution in [0, 0.1) is 19.7 Å². The molecule has 0 fully saturated rings. The normalized spacial score (nSPS) is 12.3. The molecule has 1 unspecified atom stereocenters. The molecule has 0 bridgehead atoms. The average molecular weight is 418 g/mol. The van der Waals surface area contributed by atoms with Crippen molar-refractivity contribution in [1.29, 1.82) is 0 Å². The number of aliphatic hydroxyl groups is 1. The minimum atomic E-state index is -0.911. The van der Waals surface area contributed by atoms with Gasteiger partial charge in [0.15, 0.2) is 0 Å². The molecule has 0 aliphatic rings. The van der Waals surface area contributed by atoms with Gasteiger partial charge in [-0.25, -0.2) is 4.39 Å². The van der Waals surface area contributed by atoms with Crippen LogP contribution in [0.2, 0.25) is 0 Å². The van der Waals surface area contributed by atoms with Crippen LogP contribution < -0.4 is 4.74 Å². The standard InChI is InChI=1S/C16H15Br2FO2/c1-8-6-12(17)9(2)14(16(8)21-3)15(20)11-5-4-10(19)7-13(11)18/h4-7,15,20H,1-3H3. The molecule has 2 aromatic rings. The van der Waals surface area contributed by atoms with Crippen LogP contribution in [0.1, 0.15) is 28.4 Å². The summed E-state index contributed by atoms with van der Waals surface area (Å²) in [7, 11) is 1.58. The van der Waals surface area contributed by atoms with Gasteiger partial charge in [0.05, 0.1) is 7.11 Å². The van der Waals surface area contributed by atoms with Crippen molar-refractivity contribution in [2.45, 2.75) is 20.0 Å². The fourth-order valence-corrected chi connectivity index (χ4v) is 3.48. The van der Waals surface area contributed by atoms with Gasteiger partial charge >= 0.3 is 0 Å². The first-order chi connectivity index (χ1) is 9.86. The summed E-state index contributed by atoms with van der Waals surface area (Å²) >= 11 is 6.79. The van der Waals surface area contributed by atoms with Crippen molar-refractivity contribution in [3.63, 3.8) is 0 Å². The number of rotatable bonds is 3. The van der Waals surface area contributed by atoms with E-state index in [-0.39, 0.29) is 5.82 Å². The molecule has 0 radical (unpaired) electrons. The maximum Gasteiger partial charge on any atom is 0.128 e. The Labute approximate surface area is 140 Å². The minimum absolute atomic E-state index is 0.355. The van der Waals surface area contributed by atoms with Crippen LogP contribution in [0.15, 0.2) is 33.2 Å². The van der Waals surface area contributed by atoms with E-state index in [0.717, 1.165) is 15.6 Å². The third kappa shape index (κ3) is 3.15. The molecule has 0 spiro atoms. The summed E-state index contributed by atoms with van der Waals surface area (Å²) in [6.45, 7) is 3.82. The van der Waals surface area contributed by atoms with Crippen LogP contribution in [0.5, 0.6) is 5.75 Å². The Morgan fingerprint density at radius 3 is 2.38 bits per heavy atom. The molecule has 0 aliphatic carbocycles. The van der Waals surface area contributed by atoms with Gasteiger partial charge in [0, 0.05) is 14.5 Å². The maximum atomic E-state index is 13.2. The number of hydrogen-bond donors (Lipinski definition) is 1. The Balaban J connectivity index is 2.65. The van der Waals surface area contributed by atoms with E-state index in [2.05, 4.69) is 31.9 Å². The molecule has 0 saturated carbocycles. The molecule has 0 heterocycles. The van der Waals surface area contributed by atoms with Crippen molar-refractivity contribution in [2.24, 2.45) is 0 Å². The Morgan fingerprint density at radius 2 is 1.81 bits per heavy atom. The molecule has 0 saturated heterocycles. The van der Waals surface area contributed by atoms with Crippen molar-refractivity contribution in [1.82, 2.24) is 0 Å². The Kier molecular flexibility index (Phi) is 5.07. The van der Waals surface area contributed by atoms with E-state index < -0.39 is 6.10 Å². The highest BCUT2D eigenvalue weighted by atomic mass is 79.9. The van der Waals surface area contributed by atoms with Crippen LogP contribution in [-0.4, -0.2) is 12.2 Å². The third-order valence-electron chi connectivity index (χ3n) is 3.44. The average Bonchev–Trinajstić information content (AvgIpc) is 2.41. The molecule has 1 atom stereocenters. The molecule has 0 aliphatic heterocycles. The number of methoxy groups -OCH3 is 1. The fraction of sp³-hybridized carbons (Fsp3) is 0.250. The highest BCUT2D eigenvalue weighted by Crippen LogP contribution is 2.40. The first kappa shape index (κ1) is 16.5. The van der Waals surface area contributed by atoms with Crippen molar-refractivity contribution in [3.8, 4) is 5.75 Å². The highest BCUT2D eigenvalue weighted by Gasteiger charge is 2.23. The monoisotopic (exact) mass is 416 g/mol. The molecule has 0 aromatic heterocycles. The summed E-state index contributed by atoms with van der Waals surface area (Å²) in [4.78, 5) is 0. The highest BCUT2D eigenvalue weighted by molar-refractivity contribution is 9.10. The van der Waals surface area contributed by atoms with Gasteiger partial charge in [-0.1, -0.05) is 37.9 Å². The molecular formula is C16H15Br2FO2. The minimum Gasteiger partial charge on any atom is -0.496 e. The predicted octanol–water partition coefficient (Wildman–Crippen LogP) is 5.06. The Hall–Kier alpha value is -0.910. The summed E-state index contributed by atoms with van der Waals surface area (Å²) in [5.74, 6) is 0.284. The zero-order valence-corrected chi connectivity index (χ0v) is 15.0.